The summed E-state index contributed by atoms with van der Waals surface area (Å²) in [4.78, 5) is 7.38. The van der Waals surface area contributed by atoms with Gasteiger partial charge in [-0.3, -0.25) is 0 Å². The smallest absolute Gasteiger partial charge is 0.147 e. The molecule has 7 nitrogen and oxygen atoms in total. The van der Waals surface area contributed by atoms with Crippen molar-refractivity contribution in [3.8, 4) is 11.8 Å². The van der Waals surface area contributed by atoms with Gasteiger partial charge >= 0.3 is 0 Å². The lowest BCUT2D eigenvalue weighted by Gasteiger charge is -2.37. The van der Waals surface area contributed by atoms with Gasteiger partial charge in [-0.05, 0) is 30.5 Å². The van der Waals surface area contributed by atoms with Gasteiger partial charge in [-0.25, -0.2) is 4.98 Å². The van der Waals surface area contributed by atoms with Crippen LogP contribution in [0.3, 0.4) is 0 Å². The summed E-state index contributed by atoms with van der Waals surface area (Å²) in [5.74, 6) is 5.79. The van der Waals surface area contributed by atoms with E-state index in [1.54, 1.807) is 6.33 Å². The molecular formula is C19H24N2O5. The lowest BCUT2D eigenvalue weighted by molar-refractivity contribution is -0.214. The van der Waals surface area contributed by atoms with Gasteiger partial charge < -0.3 is 30.1 Å². The van der Waals surface area contributed by atoms with Crippen LogP contribution in [0, 0.1) is 11.8 Å². The van der Waals surface area contributed by atoms with Crippen LogP contribution in [-0.2, 0) is 11.2 Å². The number of aromatic amines is 1. The highest BCUT2D eigenvalue weighted by molar-refractivity contribution is 5.82. The van der Waals surface area contributed by atoms with E-state index in [2.05, 4.69) is 34.8 Å². The molecule has 140 valence electrons. The molecule has 5 N–H and O–H groups in total. The van der Waals surface area contributed by atoms with Crippen molar-refractivity contribution < 1.29 is 25.2 Å². The van der Waals surface area contributed by atoms with Crippen molar-refractivity contribution in [2.45, 2.75) is 56.7 Å². The molecule has 0 radical (unpaired) electrons. The van der Waals surface area contributed by atoms with Crippen molar-refractivity contribution in [2.24, 2.45) is 0 Å². The maximum Gasteiger partial charge on any atom is 0.147 e. The molecule has 2 heterocycles. The molecule has 1 saturated heterocycles. The normalized spacial score (nSPS) is 28.7. The fraction of sp³-hybridized carbons (Fsp3) is 0.526. The molecule has 1 aromatic heterocycles. The molecule has 3 rings (SSSR count). The number of ether oxygens (including phenoxy) is 1. The summed E-state index contributed by atoms with van der Waals surface area (Å²) in [6.07, 6.45) is -1.46. The van der Waals surface area contributed by atoms with E-state index < -0.39 is 37.1 Å². The summed E-state index contributed by atoms with van der Waals surface area (Å²) in [7, 11) is 0. The van der Waals surface area contributed by atoms with Crippen molar-refractivity contribution in [3.63, 3.8) is 0 Å². The van der Waals surface area contributed by atoms with Crippen LogP contribution in [0.1, 0.15) is 30.9 Å². The second kappa shape index (κ2) is 8.16. The number of benzene rings is 1. The number of nitrogens with zero attached hydrogens (tertiary/aromatic N) is 1. The number of aliphatic hydroxyl groups excluding tert-OH is 4. The number of unbranched alkanes of at least 4 members (excludes halogenated alkanes) is 1. The third-order valence-corrected chi connectivity index (χ3v) is 4.64. The number of fused-ring (bicyclic) bond motifs is 1. The molecule has 0 aliphatic carbocycles. The van der Waals surface area contributed by atoms with E-state index in [1.807, 2.05) is 6.07 Å². The maximum atomic E-state index is 10.1. The Bertz CT molecular complexity index is 807. The van der Waals surface area contributed by atoms with Crippen LogP contribution in [0.25, 0.3) is 11.0 Å². The van der Waals surface area contributed by atoms with Gasteiger partial charge in [0, 0.05) is 0 Å². The Morgan fingerprint density at radius 3 is 2.73 bits per heavy atom. The molecule has 2 aromatic rings. The molecule has 0 saturated carbocycles. The number of rotatable bonds is 4. The quantitative estimate of drug-likeness (QED) is 0.494. The highest BCUT2D eigenvalue weighted by Crippen LogP contribution is 2.22. The van der Waals surface area contributed by atoms with E-state index in [-0.39, 0.29) is 0 Å². The summed E-state index contributed by atoms with van der Waals surface area (Å²) < 4.78 is 5.43. The van der Waals surface area contributed by atoms with E-state index in [0.717, 1.165) is 35.9 Å². The van der Waals surface area contributed by atoms with Crippen LogP contribution >= 0.6 is 0 Å². The number of aryl methyl sites for hydroxylation is 1. The minimum Gasteiger partial charge on any atom is -0.394 e. The largest absolute Gasteiger partial charge is 0.394 e. The van der Waals surface area contributed by atoms with Crippen molar-refractivity contribution in [3.05, 3.63) is 29.6 Å². The summed E-state index contributed by atoms with van der Waals surface area (Å²) in [5, 5.41) is 39.1. The average Bonchev–Trinajstić information content (AvgIpc) is 3.12. The SMILES string of the molecule is CCCCc1cc(C#CC2OC(CO)[C@@H](O)C(O)C2O)c2nc[nH]c2c1. The fourth-order valence-electron chi connectivity index (χ4n) is 3.10. The Kier molecular flexibility index (Phi) is 5.91. The van der Waals surface area contributed by atoms with Crippen molar-refractivity contribution >= 4 is 11.0 Å². The second-order valence-corrected chi connectivity index (χ2v) is 6.56. The zero-order valence-electron chi connectivity index (χ0n) is 14.6. The average molecular weight is 360 g/mol. The van der Waals surface area contributed by atoms with Crippen LogP contribution in [0.4, 0.5) is 0 Å². The van der Waals surface area contributed by atoms with Crippen LogP contribution in [-0.4, -0.2) is 67.5 Å². The highest BCUT2D eigenvalue weighted by atomic mass is 16.5. The van der Waals surface area contributed by atoms with Crippen molar-refractivity contribution in [2.75, 3.05) is 6.61 Å². The van der Waals surface area contributed by atoms with Gasteiger partial charge in [0.1, 0.15) is 36.0 Å². The Labute approximate surface area is 151 Å². The van der Waals surface area contributed by atoms with Crippen LogP contribution < -0.4 is 0 Å². The molecule has 4 unspecified atom stereocenters. The van der Waals surface area contributed by atoms with E-state index in [0.29, 0.717) is 5.56 Å². The van der Waals surface area contributed by atoms with Gasteiger partial charge in [0.05, 0.1) is 24.0 Å². The predicted octanol–water partition coefficient (Wildman–Crippen LogP) is 0.0994. The second-order valence-electron chi connectivity index (χ2n) is 6.56. The lowest BCUT2D eigenvalue weighted by Crippen LogP contribution is -2.58. The first kappa shape index (κ1) is 18.8. The summed E-state index contributed by atoms with van der Waals surface area (Å²) in [6.45, 7) is 1.66. The summed E-state index contributed by atoms with van der Waals surface area (Å²) in [5.41, 5.74) is 3.45. The van der Waals surface area contributed by atoms with E-state index in [1.165, 1.54) is 0 Å². The predicted molar refractivity (Wildman–Crippen MR) is 95.4 cm³/mol. The molecule has 26 heavy (non-hydrogen) atoms. The van der Waals surface area contributed by atoms with Gasteiger partial charge in [0.25, 0.3) is 0 Å². The number of nitrogens with one attached hydrogen (secondary N) is 1. The molecule has 1 aliphatic rings. The maximum absolute atomic E-state index is 10.1. The highest BCUT2D eigenvalue weighted by Gasteiger charge is 2.42. The summed E-state index contributed by atoms with van der Waals surface area (Å²) in [6, 6.07) is 4.02. The number of aliphatic hydroxyl groups is 4. The zero-order valence-corrected chi connectivity index (χ0v) is 14.6. The number of hydrogen-bond acceptors (Lipinski definition) is 6. The number of H-pyrrole nitrogens is 1. The molecule has 0 bridgehead atoms. The monoisotopic (exact) mass is 360 g/mol. The minimum atomic E-state index is -1.43. The molecule has 1 aromatic carbocycles. The van der Waals surface area contributed by atoms with Gasteiger partial charge in [0.15, 0.2) is 0 Å². The lowest BCUT2D eigenvalue weighted by atomic mass is 9.95. The van der Waals surface area contributed by atoms with Gasteiger partial charge in [-0.1, -0.05) is 25.2 Å². The molecule has 1 aliphatic heterocycles. The fourth-order valence-corrected chi connectivity index (χ4v) is 3.10. The number of aromatic nitrogens is 2. The minimum absolute atomic E-state index is 0.473. The Morgan fingerprint density at radius 2 is 2.00 bits per heavy atom. The van der Waals surface area contributed by atoms with Gasteiger partial charge in [0.2, 0.25) is 0 Å². The molecule has 1 fully saturated rings. The van der Waals surface area contributed by atoms with E-state index in [4.69, 9.17) is 4.74 Å². The Hall–Kier alpha value is -1.95. The first-order valence-corrected chi connectivity index (χ1v) is 8.83. The third kappa shape index (κ3) is 3.75. The molecule has 0 amide bonds. The number of hydrogen-bond donors (Lipinski definition) is 5. The topological polar surface area (TPSA) is 119 Å². The third-order valence-electron chi connectivity index (χ3n) is 4.64. The van der Waals surface area contributed by atoms with Gasteiger partial charge in [-0.15, -0.1) is 0 Å². The van der Waals surface area contributed by atoms with E-state index in [9.17, 15) is 20.4 Å². The molecule has 7 heteroatoms. The standard InChI is InChI=1S/C19H24N2O5/c1-2-3-4-11-7-12(16-13(8-11)20-10-21-16)5-6-14-17(23)19(25)18(24)15(9-22)26-14/h7-8,10,14-15,17-19,22-25H,2-4,9H2,1H3,(H,20,21)/t14?,15?,17?,18-,19?/m1/s1. The van der Waals surface area contributed by atoms with Crippen LogP contribution in [0.5, 0.6) is 0 Å². The Balaban J connectivity index is 1.90. The number of imidazole rings is 1. The molecule has 0 spiro atoms. The van der Waals surface area contributed by atoms with Gasteiger partial charge in [-0.2, -0.15) is 0 Å². The first-order chi connectivity index (χ1) is 12.5. The van der Waals surface area contributed by atoms with E-state index >= 15 is 0 Å². The van der Waals surface area contributed by atoms with Crippen molar-refractivity contribution in [1.29, 1.82) is 0 Å². The molecule has 5 atom stereocenters. The van der Waals surface area contributed by atoms with Crippen molar-refractivity contribution in [1.82, 2.24) is 9.97 Å². The molecular weight excluding hydrogens is 336 g/mol. The summed E-state index contributed by atoms with van der Waals surface area (Å²) >= 11 is 0. The van der Waals surface area contributed by atoms with Crippen LogP contribution in [0.15, 0.2) is 18.5 Å². The zero-order chi connectivity index (χ0) is 18.7. The Morgan fingerprint density at radius 1 is 1.19 bits per heavy atom. The first-order valence-electron chi connectivity index (χ1n) is 8.83. The van der Waals surface area contributed by atoms with Crippen LogP contribution in [0.2, 0.25) is 0 Å².